The molecule has 0 bridgehead atoms. The van der Waals surface area contributed by atoms with Gasteiger partial charge in [0.15, 0.2) is 11.1 Å². The van der Waals surface area contributed by atoms with Crippen LogP contribution in [0.1, 0.15) is 20.7 Å². The fourth-order valence-corrected chi connectivity index (χ4v) is 3.54. The van der Waals surface area contributed by atoms with Crippen molar-refractivity contribution in [2.24, 2.45) is 5.73 Å². The summed E-state index contributed by atoms with van der Waals surface area (Å²) in [6.07, 6.45) is 0. The van der Waals surface area contributed by atoms with Crippen LogP contribution < -0.4 is 16.0 Å². The van der Waals surface area contributed by atoms with E-state index < -0.39 is 0 Å². The zero-order valence-corrected chi connectivity index (χ0v) is 14.2. The molecule has 4 rings (SSSR count). The molecule has 7 nitrogen and oxygen atoms in total. The Balaban J connectivity index is 1.69. The van der Waals surface area contributed by atoms with Gasteiger partial charge < -0.3 is 11.1 Å². The van der Waals surface area contributed by atoms with Crippen LogP contribution in [-0.4, -0.2) is 22.8 Å². The fraction of sp³-hybridized carbons (Fsp3) is 0. The molecule has 1 aliphatic rings. The van der Waals surface area contributed by atoms with Crippen molar-refractivity contribution in [1.82, 2.24) is 4.98 Å². The van der Waals surface area contributed by atoms with E-state index in [0.29, 0.717) is 27.6 Å². The quantitative estimate of drug-likeness (QED) is 0.376. The lowest BCUT2D eigenvalue weighted by Crippen LogP contribution is -2.29. The van der Waals surface area contributed by atoms with Gasteiger partial charge in [0, 0.05) is 10.9 Å². The number of rotatable bonds is 3. The number of nitrogens with one attached hydrogen (secondary N) is 2. The second kappa shape index (κ2) is 6.08. The number of hydrogen-bond donors (Lipinski definition) is 3. The van der Waals surface area contributed by atoms with Crippen molar-refractivity contribution >= 4 is 39.9 Å². The minimum Gasteiger partial charge on any atom is -0.370 e. The molecular weight excluding hydrogens is 350 g/mol. The maximum atomic E-state index is 12.6. The topological polar surface area (TPSA) is 112 Å². The second-order valence-corrected chi connectivity index (χ2v) is 6.48. The monoisotopic (exact) mass is 363 g/mol. The highest BCUT2D eigenvalue weighted by Gasteiger charge is 2.36. The van der Waals surface area contributed by atoms with Crippen LogP contribution in [0.4, 0.5) is 10.8 Å². The van der Waals surface area contributed by atoms with Crippen molar-refractivity contribution in [3.63, 3.8) is 0 Å². The number of aromatic nitrogens is 1. The van der Waals surface area contributed by atoms with Gasteiger partial charge in [-0.1, -0.05) is 24.3 Å². The highest BCUT2D eigenvalue weighted by atomic mass is 32.1. The maximum absolute atomic E-state index is 12.6. The standard InChI is InChI=1S/C18H13N5O2S/c19-17(20)22-18-21-14(9-26-18)10-4-3-5-11(8-10)23-15(24)12-6-1-2-7-13(12)16(23)25/h1-9H,(H4,19,20,21,22). The largest absolute Gasteiger partial charge is 0.370 e. The van der Waals surface area contributed by atoms with Crippen LogP contribution in [0.3, 0.4) is 0 Å². The van der Waals surface area contributed by atoms with E-state index in [0.717, 1.165) is 5.56 Å². The van der Waals surface area contributed by atoms with Gasteiger partial charge in [-0.2, -0.15) is 0 Å². The third kappa shape index (κ3) is 2.62. The minimum absolute atomic E-state index is 0.189. The Morgan fingerprint density at radius 2 is 1.77 bits per heavy atom. The van der Waals surface area contributed by atoms with Crippen LogP contribution >= 0.6 is 11.3 Å². The molecule has 0 radical (unpaired) electrons. The molecule has 0 saturated heterocycles. The Hall–Kier alpha value is -3.52. The smallest absolute Gasteiger partial charge is 0.266 e. The molecule has 1 aromatic heterocycles. The predicted molar refractivity (Wildman–Crippen MR) is 101 cm³/mol. The number of nitrogens with two attached hydrogens (primary N) is 1. The van der Waals surface area contributed by atoms with Crippen molar-refractivity contribution in [1.29, 1.82) is 5.41 Å². The molecule has 1 aliphatic heterocycles. The van der Waals surface area contributed by atoms with Crippen LogP contribution in [-0.2, 0) is 0 Å². The number of amides is 2. The van der Waals surface area contributed by atoms with Crippen LogP contribution in [0, 0.1) is 5.41 Å². The minimum atomic E-state index is -0.333. The van der Waals surface area contributed by atoms with Crippen molar-refractivity contribution in [3.05, 3.63) is 65.0 Å². The molecule has 0 aliphatic carbocycles. The fourth-order valence-electron chi connectivity index (χ4n) is 2.81. The van der Waals surface area contributed by atoms with Gasteiger partial charge in [0.2, 0.25) is 0 Å². The first-order chi connectivity index (χ1) is 12.5. The van der Waals surface area contributed by atoms with Crippen LogP contribution in [0.5, 0.6) is 0 Å². The van der Waals surface area contributed by atoms with Gasteiger partial charge >= 0.3 is 0 Å². The number of imide groups is 1. The highest BCUT2D eigenvalue weighted by molar-refractivity contribution is 7.14. The van der Waals surface area contributed by atoms with Crippen molar-refractivity contribution in [2.75, 3.05) is 10.2 Å². The number of carbonyl (C=O) groups excluding carboxylic acids is 2. The molecule has 8 heteroatoms. The SMILES string of the molecule is N=C(N)Nc1nc(-c2cccc(N3C(=O)c4ccccc4C3=O)c2)cs1. The number of thiazole rings is 1. The molecule has 128 valence electrons. The van der Waals surface area contributed by atoms with E-state index in [1.165, 1.54) is 16.2 Å². The Bertz CT molecular complexity index is 1020. The maximum Gasteiger partial charge on any atom is 0.266 e. The Kier molecular flexibility index (Phi) is 3.74. The number of nitrogens with zero attached hydrogens (tertiary/aromatic N) is 2. The van der Waals surface area contributed by atoms with E-state index in [4.69, 9.17) is 11.1 Å². The third-order valence-electron chi connectivity index (χ3n) is 3.94. The van der Waals surface area contributed by atoms with Crippen molar-refractivity contribution < 1.29 is 9.59 Å². The summed E-state index contributed by atoms with van der Waals surface area (Å²) in [6.45, 7) is 0. The molecule has 2 amide bonds. The molecular formula is C18H13N5O2S. The molecule has 26 heavy (non-hydrogen) atoms. The molecule has 0 spiro atoms. The molecule has 2 heterocycles. The van der Waals surface area contributed by atoms with Crippen molar-refractivity contribution in [3.8, 4) is 11.3 Å². The first kappa shape index (κ1) is 16.0. The molecule has 0 unspecified atom stereocenters. The zero-order chi connectivity index (χ0) is 18.3. The summed E-state index contributed by atoms with van der Waals surface area (Å²) in [5.41, 5.74) is 8.03. The molecule has 4 N–H and O–H groups in total. The molecule has 0 fully saturated rings. The number of fused-ring (bicyclic) bond motifs is 1. The van der Waals surface area contributed by atoms with Crippen LogP contribution in [0.15, 0.2) is 53.9 Å². The number of hydrogen-bond acceptors (Lipinski definition) is 5. The highest BCUT2D eigenvalue weighted by Crippen LogP contribution is 2.32. The van der Waals surface area contributed by atoms with Gasteiger partial charge in [0.05, 0.1) is 22.5 Å². The van der Waals surface area contributed by atoms with E-state index in [2.05, 4.69) is 10.3 Å². The normalized spacial score (nSPS) is 13.0. The summed E-state index contributed by atoms with van der Waals surface area (Å²) in [5, 5.41) is 12.2. The van der Waals surface area contributed by atoms with Gasteiger partial charge in [0.1, 0.15) is 0 Å². The van der Waals surface area contributed by atoms with E-state index in [-0.39, 0.29) is 17.8 Å². The van der Waals surface area contributed by atoms with Crippen molar-refractivity contribution in [2.45, 2.75) is 0 Å². The molecule has 2 aromatic carbocycles. The summed E-state index contributed by atoms with van der Waals surface area (Å²) < 4.78 is 0. The lowest BCUT2D eigenvalue weighted by molar-refractivity contribution is 0.0926. The van der Waals surface area contributed by atoms with E-state index >= 15 is 0 Å². The van der Waals surface area contributed by atoms with Gasteiger partial charge in [-0.05, 0) is 24.3 Å². The predicted octanol–water partition coefficient (Wildman–Crippen LogP) is 2.92. The number of carbonyl (C=O) groups is 2. The Morgan fingerprint density at radius 1 is 1.08 bits per heavy atom. The van der Waals surface area contributed by atoms with Gasteiger partial charge in [-0.3, -0.25) is 15.0 Å². The average Bonchev–Trinajstić information content (AvgIpc) is 3.19. The lowest BCUT2D eigenvalue weighted by atomic mass is 10.1. The van der Waals surface area contributed by atoms with Gasteiger partial charge in [0.25, 0.3) is 11.8 Å². The van der Waals surface area contributed by atoms with E-state index in [1.54, 1.807) is 42.5 Å². The lowest BCUT2D eigenvalue weighted by Gasteiger charge is -2.14. The summed E-state index contributed by atoms with van der Waals surface area (Å²) in [4.78, 5) is 30.8. The molecule has 3 aromatic rings. The summed E-state index contributed by atoms with van der Waals surface area (Å²) in [6, 6.07) is 13.9. The number of benzene rings is 2. The molecule has 0 atom stereocenters. The van der Waals surface area contributed by atoms with Gasteiger partial charge in [-0.25, -0.2) is 9.88 Å². The van der Waals surface area contributed by atoms with Crippen LogP contribution in [0.2, 0.25) is 0 Å². The first-order valence-corrected chi connectivity index (χ1v) is 8.57. The summed E-state index contributed by atoms with van der Waals surface area (Å²) >= 11 is 1.31. The van der Waals surface area contributed by atoms with Crippen LogP contribution in [0.25, 0.3) is 11.3 Å². The first-order valence-electron chi connectivity index (χ1n) is 7.69. The zero-order valence-electron chi connectivity index (χ0n) is 13.4. The summed E-state index contributed by atoms with van der Waals surface area (Å²) in [5.74, 6) is -0.856. The summed E-state index contributed by atoms with van der Waals surface area (Å²) in [7, 11) is 0. The molecule has 0 saturated carbocycles. The Morgan fingerprint density at radius 3 is 2.42 bits per heavy atom. The number of guanidine groups is 1. The van der Waals surface area contributed by atoms with E-state index in [1.807, 2.05) is 11.4 Å². The van der Waals surface area contributed by atoms with E-state index in [9.17, 15) is 9.59 Å². The Labute approximate surface area is 152 Å². The van der Waals surface area contributed by atoms with Gasteiger partial charge in [-0.15, -0.1) is 11.3 Å². The third-order valence-corrected chi connectivity index (χ3v) is 4.70. The second-order valence-electron chi connectivity index (χ2n) is 5.62. The number of anilines is 2. The average molecular weight is 363 g/mol.